The van der Waals surface area contributed by atoms with E-state index in [0.29, 0.717) is 18.1 Å². The van der Waals surface area contributed by atoms with Crippen LogP contribution in [0.25, 0.3) is 11.3 Å². The summed E-state index contributed by atoms with van der Waals surface area (Å²) in [5.41, 5.74) is 4.29. The first kappa shape index (κ1) is 19.8. The Bertz CT molecular complexity index is 1070. The van der Waals surface area contributed by atoms with E-state index >= 15 is 0 Å². The number of H-pyrrole nitrogens is 1. The number of rotatable bonds is 5. The molecule has 0 spiro atoms. The van der Waals surface area contributed by atoms with Crippen molar-refractivity contribution >= 4 is 9.84 Å². The van der Waals surface area contributed by atoms with Crippen LogP contribution in [0.15, 0.2) is 59.6 Å². The Morgan fingerprint density at radius 2 is 1.86 bits per heavy atom. The van der Waals surface area contributed by atoms with Crippen molar-refractivity contribution in [2.45, 2.75) is 24.4 Å². The summed E-state index contributed by atoms with van der Waals surface area (Å²) >= 11 is 0. The Balaban J connectivity index is 1.54. The van der Waals surface area contributed by atoms with Gasteiger partial charge in [0.2, 0.25) is 0 Å². The summed E-state index contributed by atoms with van der Waals surface area (Å²) in [5, 5.41) is 0. The molecule has 0 amide bonds. The normalized spacial score (nSPS) is 18.1. The predicted molar refractivity (Wildman–Crippen MR) is 112 cm³/mol. The van der Waals surface area contributed by atoms with E-state index in [1.165, 1.54) is 17.4 Å². The fraction of sp³-hybridized carbons (Fsp3) is 0.318. The first-order chi connectivity index (χ1) is 13.9. The zero-order valence-electron chi connectivity index (χ0n) is 16.6. The molecule has 0 saturated carbocycles. The van der Waals surface area contributed by atoms with E-state index in [1.54, 1.807) is 30.5 Å². The monoisotopic (exact) mass is 411 g/mol. The zero-order valence-corrected chi connectivity index (χ0v) is 17.4. The number of sulfone groups is 1. The van der Waals surface area contributed by atoms with Crippen LogP contribution in [0.4, 0.5) is 0 Å². The molecular weight excluding hydrogens is 386 g/mol. The summed E-state index contributed by atoms with van der Waals surface area (Å²) in [6.07, 6.45) is 3.01. The van der Waals surface area contributed by atoms with Crippen molar-refractivity contribution in [2.24, 2.45) is 0 Å². The average Bonchev–Trinajstić information content (AvgIpc) is 3.20. The second-order valence-corrected chi connectivity index (χ2v) is 9.54. The second kappa shape index (κ2) is 8.10. The van der Waals surface area contributed by atoms with Crippen LogP contribution in [0.3, 0.4) is 0 Å². The van der Waals surface area contributed by atoms with Gasteiger partial charge >= 0.3 is 0 Å². The van der Waals surface area contributed by atoms with Crippen LogP contribution < -0.4 is 0 Å². The zero-order chi connectivity index (χ0) is 20.4. The van der Waals surface area contributed by atoms with Gasteiger partial charge in [0.15, 0.2) is 9.84 Å². The van der Waals surface area contributed by atoms with Gasteiger partial charge < -0.3 is 9.72 Å². The predicted octanol–water partition coefficient (Wildman–Crippen LogP) is 3.36. The van der Waals surface area contributed by atoms with Crippen LogP contribution in [-0.2, 0) is 21.1 Å². The number of benzene rings is 2. The first-order valence-electron chi connectivity index (χ1n) is 9.63. The fourth-order valence-corrected chi connectivity index (χ4v) is 4.17. The van der Waals surface area contributed by atoms with Crippen LogP contribution in [0, 0.1) is 6.92 Å². The molecule has 0 aliphatic carbocycles. The van der Waals surface area contributed by atoms with Crippen molar-refractivity contribution in [1.82, 2.24) is 14.9 Å². The molecule has 1 atom stereocenters. The van der Waals surface area contributed by atoms with Crippen LogP contribution in [0.1, 0.15) is 23.0 Å². The molecule has 2 heterocycles. The standard InChI is InChI=1S/C22H25N3O3S/c1-16-3-5-17(6-4-16)14-25-11-12-28-15-21(25)22-23-13-20(24-22)18-7-9-19(10-8-18)29(2,26)27/h3-10,13,21H,11-12,14-15H2,1-2H3,(H,23,24)/t21-/m0/s1. The number of hydrogen-bond acceptors (Lipinski definition) is 5. The van der Waals surface area contributed by atoms with Gasteiger partial charge in [0.05, 0.1) is 36.0 Å². The Labute approximate surface area is 171 Å². The maximum absolute atomic E-state index is 11.7. The molecule has 2 aromatic carbocycles. The van der Waals surface area contributed by atoms with E-state index in [1.807, 2.05) is 0 Å². The van der Waals surface area contributed by atoms with Crippen molar-refractivity contribution in [3.8, 4) is 11.3 Å². The highest BCUT2D eigenvalue weighted by Gasteiger charge is 2.27. The quantitative estimate of drug-likeness (QED) is 0.697. The number of morpholine rings is 1. The Hall–Kier alpha value is -2.48. The third-order valence-corrected chi connectivity index (χ3v) is 6.38. The lowest BCUT2D eigenvalue weighted by atomic mass is 10.1. The van der Waals surface area contributed by atoms with Crippen LogP contribution in [0.2, 0.25) is 0 Å². The lowest BCUT2D eigenvalue weighted by Gasteiger charge is -2.34. The Morgan fingerprint density at radius 1 is 1.14 bits per heavy atom. The van der Waals surface area contributed by atoms with Crippen molar-refractivity contribution in [2.75, 3.05) is 26.0 Å². The van der Waals surface area contributed by atoms with Gasteiger partial charge in [-0.2, -0.15) is 0 Å². The molecule has 1 aromatic heterocycles. The molecule has 1 fully saturated rings. The highest BCUT2D eigenvalue weighted by molar-refractivity contribution is 7.90. The highest BCUT2D eigenvalue weighted by atomic mass is 32.2. The summed E-state index contributed by atoms with van der Waals surface area (Å²) in [4.78, 5) is 10.7. The van der Waals surface area contributed by atoms with Crippen LogP contribution in [0.5, 0.6) is 0 Å². The molecule has 7 heteroatoms. The van der Waals surface area contributed by atoms with E-state index < -0.39 is 9.84 Å². The van der Waals surface area contributed by atoms with Crippen LogP contribution in [-0.4, -0.2) is 49.3 Å². The minimum atomic E-state index is -3.20. The van der Waals surface area contributed by atoms with Gasteiger partial charge in [-0.25, -0.2) is 13.4 Å². The molecule has 152 valence electrons. The number of aromatic nitrogens is 2. The molecule has 1 aliphatic heterocycles. The van der Waals surface area contributed by atoms with E-state index in [2.05, 4.69) is 46.1 Å². The van der Waals surface area contributed by atoms with Gasteiger partial charge in [0, 0.05) is 19.3 Å². The van der Waals surface area contributed by atoms with E-state index in [-0.39, 0.29) is 6.04 Å². The maximum Gasteiger partial charge on any atom is 0.175 e. The molecular formula is C22H25N3O3S. The average molecular weight is 412 g/mol. The largest absolute Gasteiger partial charge is 0.378 e. The summed E-state index contributed by atoms with van der Waals surface area (Å²) in [6.45, 7) is 5.08. The Morgan fingerprint density at radius 3 is 2.55 bits per heavy atom. The van der Waals surface area contributed by atoms with Crippen LogP contribution >= 0.6 is 0 Å². The van der Waals surface area contributed by atoms with Gasteiger partial charge in [0.25, 0.3) is 0 Å². The summed E-state index contributed by atoms with van der Waals surface area (Å²) in [6, 6.07) is 15.5. The van der Waals surface area contributed by atoms with Crippen molar-refractivity contribution in [1.29, 1.82) is 0 Å². The van der Waals surface area contributed by atoms with Gasteiger partial charge in [-0.1, -0.05) is 42.0 Å². The molecule has 1 aliphatic rings. The number of aryl methyl sites for hydroxylation is 1. The number of ether oxygens (including phenoxy) is 1. The second-order valence-electron chi connectivity index (χ2n) is 7.53. The smallest absolute Gasteiger partial charge is 0.175 e. The lowest BCUT2D eigenvalue weighted by molar-refractivity contribution is -0.0156. The molecule has 0 bridgehead atoms. The summed E-state index contributed by atoms with van der Waals surface area (Å²) in [5.74, 6) is 0.860. The topological polar surface area (TPSA) is 75.3 Å². The lowest BCUT2D eigenvalue weighted by Crippen LogP contribution is -2.39. The molecule has 0 radical (unpaired) electrons. The van der Waals surface area contributed by atoms with Gasteiger partial charge in [0.1, 0.15) is 5.82 Å². The van der Waals surface area contributed by atoms with Crippen molar-refractivity contribution in [3.63, 3.8) is 0 Å². The number of aromatic amines is 1. The Kier molecular flexibility index (Phi) is 5.54. The third kappa shape index (κ3) is 4.58. The minimum Gasteiger partial charge on any atom is -0.378 e. The van der Waals surface area contributed by atoms with Gasteiger partial charge in [-0.05, 0) is 30.2 Å². The van der Waals surface area contributed by atoms with Crippen molar-refractivity contribution < 1.29 is 13.2 Å². The fourth-order valence-electron chi connectivity index (χ4n) is 3.54. The van der Waals surface area contributed by atoms with E-state index in [9.17, 15) is 8.42 Å². The molecule has 29 heavy (non-hydrogen) atoms. The number of nitrogens with one attached hydrogen (secondary N) is 1. The molecule has 0 unspecified atom stereocenters. The first-order valence-corrected chi connectivity index (χ1v) is 11.5. The highest BCUT2D eigenvalue weighted by Crippen LogP contribution is 2.27. The maximum atomic E-state index is 11.7. The number of imidazole rings is 1. The molecule has 4 rings (SSSR count). The minimum absolute atomic E-state index is 0.0501. The molecule has 3 aromatic rings. The molecule has 1 saturated heterocycles. The van der Waals surface area contributed by atoms with Gasteiger partial charge in [-0.3, -0.25) is 4.90 Å². The van der Waals surface area contributed by atoms with E-state index in [4.69, 9.17) is 4.74 Å². The number of nitrogens with zero attached hydrogens (tertiary/aromatic N) is 2. The molecule has 1 N–H and O–H groups in total. The molecule has 6 nitrogen and oxygen atoms in total. The summed E-state index contributed by atoms with van der Waals surface area (Å²) in [7, 11) is -3.20. The van der Waals surface area contributed by atoms with Gasteiger partial charge in [-0.15, -0.1) is 0 Å². The third-order valence-electron chi connectivity index (χ3n) is 5.25. The van der Waals surface area contributed by atoms with E-state index in [0.717, 1.165) is 30.2 Å². The number of hydrogen-bond donors (Lipinski definition) is 1. The summed E-state index contributed by atoms with van der Waals surface area (Å²) < 4.78 is 29.0. The SMILES string of the molecule is Cc1ccc(CN2CCOC[C@H]2c2ncc(-c3ccc(S(C)(=O)=O)cc3)[nH]2)cc1. The van der Waals surface area contributed by atoms with Crippen molar-refractivity contribution in [3.05, 3.63) is 71.7 Å².